The number of nitrogens with zero attached hydrogens (tertiary/aromatic N) is 2. The second-order valence-electron chi connectivity index (χ2n) is 5.48. The molecule has 0 spiro atoms. The molecule has 0 aromatic carbocycles. The largest absolute Gasteiger partial charge is 0.378 e. The fourth-order valence-corrected chi connectivity index (χ4v) is 2.63. The first-order chi connectivity index (χ1) is 10.4. The molecule has 0 saturated heterocycles. The van der Waals surface area contributed by atoms with E-state index in [0.29, 0.717) is 6.10 Å². The highest BCUT2D eigenvalue weighted by molar-refractivity contribution is 14.0. The Bertz CT molecular complexity index is 402. The second kappa shape index (κ2) is 11.8. The van der Waals surface area contributed by atoms with E-state index in [1.165, 1.54) is 25.7 Å². The third-order valence-corrected chi connectivity index (χ3v) is 3.82. The van der Waals surface area contributed by atoms with Crippen LogP contribution < -0.4 is 10.6 Å². The van der Waals surface area contributed by atoms with E-state index in [0.717, 1.165) is 38.6 Å². The topological polar surface area (TPSA) is 50.6 Å². The summed E-state index contributed by atoms with van der Waals surface area (Å²) in [4.78, 5) is 4.23. The van der Waals surface area contributed by atoms with Crippen molar-refractivity contribution in [1.82, 2.24) is 15.2 Å². The molecule has 1 fully saturated rings. The third kappa shape index (κ3) is 7.49. The van der Waals surface area contributed by atoms with Gasteiger partial charge in [-0.15, -0.1) is 24.0 Å². The first kappa shape index (κ1) is 19.3. The summed E-state index contributed by atoms with van der Waals surface area (Å²) in [6.45, 7) is 3.55. The Morgan fingerprint density at radius 3 is 2.55 bits per heavy atom. The van der Waals surface area contributed by atoms with Crippen molar-refractivity contribution in [3.63, 3.8) is 0 Å². The fourth-order valence-electron chi connectivity index (χ4n) is 2.63. The molecule has 5 nitrogen and oxygen atoms in total. The van der Waals surface area contributed by atoms with Gasteiger partial charge in [0.05, 0.1) is 6.10 Å². The molecule has 0 aliphatic heterocycles. The SMILES string of the molecule is CN=C(NCCCOC1CCCC1)NCCn1cccc1.I. The van der Waals surface area contributed by atoms with Crippen molar-refractivity contribution in [3.8, 4) is 0 Å². The molecular formula is C16H29IN4O. The minimum absolute atomic E-state index is 0. The number of aliphatic imine (C=N–C) groups is 1. The Hall–Kier alpha value is -0.760. The molecule has 1 aliphatic rings. The van der Waals surface area contributed by atoms with E-state index in [-0.39, 0.29) is 24.0 Å². The van der Waals surface area contributed by atoms with Gasteiger partial charge in [-0.05, 0) is 31.4 Å². The minimum atomic E-state index is 0. The van der Waals surface area contributed by atoms with Crippen molar-refractivity contribution >= 4 is 29.9 Å². The van der Waals surface area contributed by atoms with Gasteiger partial charge in [0.15, 0.2) is 5.96 Å². The summed E-state index contributed by atoms with van der Waals surface area (Å²) in [5.41, 5.74) is 0. The lowest BCUT2D eigenvalue weighted by Gasteiger charge is -2.13. The van der Waals surface area contributed by atoms with E-state index in [2.05, 4.69) is 32.6 Å². The molecule has 1 heterocycles. The van der Waals surface area contributed by atoms with Crippen LogP contribution in [0.2, 0.25) is 0 Å². The van der Waals surface area contributed by atoms with Crippen LogP contribution in [0.5, 0.6) is 0 Å². The smallest absolute Gasteiger partial charge is 0.191 e. The lowest BCUT2D eigenvalue weighted by atomic mass is 10.3. The molecule has 1 saturated carbocycles. The first-order valence-corrected chi connectivity index (χ1v) is 8.05. The van der Waals surface area contributed by atoms with E-state index >= 15 is 0 Å². The van der Waals surface area contributed by atoms with Crippen LogP contribution in [0.1, 0.15) is 32.1 Å². The number of hydrogen-bond donors (Lipinski definition) is 2. The van der Waals surface area contributed by atoms with E-state index < -0.39 is 0 Å². The van der Waals surface area contributed by atoms with Gasteiger partial charge in [0.25, 0.3) is 0 Å². The normalized spacial score (nSPS) is 15.6. The molecule has 0 bridgehead atoms. The first-order valence-electron chi connectivity index (χ1n) is 8.05. The maximum atomic E-state index is 5.84. The van der Waals surface area contributed by atoms with E-state index in [4.69, 9.17) is 4.74 Å². The van der Waals surface area contributed by atoms with Crippen LogP contribution in [0.3, 0.4) is 0 Å². The molecule has 0 unspecified atom stereocenters. The molecular weight excluding hydrogens is 391 g/mol. The van der Waals surface area contributed by atoms with Gasteiger partial charge in [-0.2, -0.15) is 0 Å². The summed E-state index contributed by atoms with van der Waals surface area (Å²) in [6, 6.07) is 4.08. The maximum absolute atomic E-state index is 5.84. The summed E-state index contributed by atoms with van der Waals surface area (Å²) in [5.74, 6) is 0.864. The Morgan fingerprint density at radius 2 is 1.86 bits per heavy atom. The quantitative estimate of drug-likeness (QED) is 0.294. The van der Waals surface area contributed by atoms with E-state index in [9.17, 15) is 0 Å². The highest BCUT2D eigenvalue weighted by Crippen LogP contribution is 2.20. The summed E-state index contributed by atoms with van der Waals surface area (Å²) in [6.07, 6.45) is 10.8. The number of hydrogen-bond acceptors (Lipinski definition) is 2. The molecule has 0 amide bonds. The van der Waals surface area contributed by atoms with Crippen molar-refractivity contribution in [2.75, 3.05) is 26.7 Å². The van der Waals surface area contributed by atoms with E-state index in [1.54, 1.807) is 7.05 Å². The van der Waals surface area contributed by atoms with Gasteiger partial charge in [0, 0.05) is 45.7 Å². The number of guanidine groups is 1. The highest BCUT2D eigenvalue weighted by atomic mass is 127. The molecule has 6 heteroatoms. The molecule has 1 aromatic rings. The van der Waals surface area contributed by atoms with Crippen molar-refractivity contribution in [3.05, 3.63) is 24.5 Å². The standard InChI is InChI=1S/C16H28N4O.HI/c1-17-16(19-10-13-20-11-4-5-12-20)18-9-6-14-21-15-7-2-3-8-15;/h4-5,11-12,15H,2-3,6-10,13-14H2,1H3,(H2,17,18,19);1H. The van der Waals surface area contributed by atoms with Gasteiger partial charge in [0.1, 0.15) is 0 Å². The zero-order valence-corrected chi connectivity index (χ0v) is 15.8. The van der Waals surface area contributed by atoms with Gasteiger partial charge in [-0.25, -0.2) is 0 Å². The Labute approximate surface area is 150 Å². The van der Waals surface area contributed by atoms with Gasteiger partial charge >= 0.3 is 0 Å². The summed E-state index contributed by atoms with van der Waals surface area (Å²) in [7, 11) is 1.81. The number of halogens is 1. The average molecular weight is 420 g/mol. The van der Waals surface area contributed by atoms with Crippen molar-refractivity contribution in [1.29, 1.82) is 0 Å². The zero-order valence-electron chi connectivity index (χ0n) is 13.5. The van der Waals surface area contributed by atoms with Gasteiger partial charge in [0.2, 0.25) is 0 Å². The average Bonchev–Trinajstić information content (AvgIpc) is 3.18. The van der Waals surface area contributed by atoms with Crippen LogP contribution in [0.25, 0.3) is 0 Å². The lowest BCUT2D eigenvalue weighted by molar-refractivity contribution is 0.0574. The van der Waals surface area contributed by atoms with Gasteiger partial charge in [-0.1, -0.05) is 12.8 Å². The fraction of sp³-hybridized carbons (Fsp3) is 0.688. The second-order valence-corrected chi connectivity index (χ2v) is 5.48. The predicted molar refractivity (Wildman–Crippen MR) is 102 cm³/mol. The molecule has 1 aromatic heterocycles. The number of nitrogens with one attached hydrogen (secondary N) is 2. The summed E-state index contributed by atoms with van der Waals surface area (Å²) < 4.78 is 7.99. The number of ether oxygens (including phenoxy) is 1. The monoisotopic (exact) mass is 420 g/mol. The third-order valence-electron chi connectivity index (χ3n) is 3.82. The molecule has 22 heavy (non-hydrogen) atoms. The predicted octanol–water partition coefficient (Wildman–Crippen LogP) is 2.62. The lowest BCUT2D eigenvalue weighted by Crippen LogP contribution is -2.39. The van der Waals surface area contributed by atoms with Crippen molar-refractivity contribution in [2.24, 2.45) is 4.99 Å². The van der Waals surface area contributed by atoms with Crippen LogP contribution in [-0.4, -0.2) is 43.4 Å². The number of rotatable bonds is 8. The van der Waals surface area contributed by atoms with Crippen molar-refractivity contribution in [2.45, 2.75) is 44.8 Å². The Morgan fingerprint density at radius 1 is 1.18 bits per heavy atom. The summed E-state index contributed by atoms with van der Waals surface area (Å²) >= 11 is 0. The molecule has 126 valence electrons. The van der Waals surface area contributed by atoms with Crippen LogP contribution >= 0.6 is 24.0 Å². The molecule has 0 radical (unpaired) electrons. The molecule has 1 aliphatic carbocycles. The molecule has 2 N–H and O–H groups in total. The Kier molecular flexibility index (Phi) is 10.3. The van der Waals surface area contributed by atoms with Crippen LogP contribution in [0.4, 0.5) is 0 Å². The van der Waals surface area contributed by atoms with Gasteiger partial charge < -0.3 is 19.9 Å². The van der Waals surface area contributed by atoms with Crippen molar-refractivity contribution < 1.29 is 4.74 Å². The van der Waals surface area contributed by atoms with Crippen LogP contribution in [0, 0.1) is 0 Å². The molecule has 2 rings (SSSR count). The van der Waals surface area contributed by atoms with Gasteiger partial charge in [-0.3, -0.25) is 4.99 Å². The zero-order chi connectivity index (χ0) is 14.8. The summed E-state index contributed by atoms with van der Waals surface area (Å²) in [5, 5.41) is 6.64. The van der Waals surface area contributed by atoms with Crippen LogP contribution in [-0.2, 0) is 11.3 Å². The van der Waals surface area contributed by atoms with Crippen LogP contribution in [0.15, 0.2) is 29.5 Å². The Balaban J connectivity index is 0.00000242. The highest BCUT2D eigenvalue weighted by Gasteiger charge is 2.14. The molecule has 0 atom stereocenters. The number of aromatic nitrogens is 1. The van der Waals surface area contributed by atoms with E-state index in [1.807, 2.05) is 12.1 Å². The minimum Gasteiger partial charge on any atom is -0.378 e. The maximum Gasteiger partial charge on any atom is 0.191 e.